The van der Waals surface area contributed by atoms with Crippen LogP contribution in [0.2, 0.25) is 5.02 Å². The summed E-state index contributed by atoms with van der Waals surface area (Å²) in [6, 6.07) is 12.5. The van der Waals surface area contributed by atoms with Crippen LogP contribution in [-0.2, 0) is 32.0 Å². The van der Waals surface area contributed by atoms with Crippen molar-refractivity contribution in [2.75, 3.05) is 31.6 Å². The number of ketones is 1. The minimum Gasteiger partial charge on any atom is -0.478 e. The Bertz CT molecular complexity index is 1720. The van der Waals surface area contributed by atoms with E-state index in [0.29, 0.717) is 12.0 Å². The number of amides is 1. The predicted molar refractivity (Wildman–Crippen MR) is 166 cm³/mol. The molecule has 3 aliphatic rings. The molecule has 0 radical (unpaired) electrons. The average Bonchev–Trinajstić information content (AvgIpc) is 3.56. The van der Waals surface area contributed by atoms with Crippen molar-refractivity contribution >= 4 is 40.7 Å². The molecule has 0 saturated carbocycles. The number of carboxylic acid groups (broad SMARTS) is 1. The van der Waals surface area contributed by atoms with Gasteiger partial charge in [-0.2, -0.15) is 0 Å². The Balaban J connectivity index is 1.31. The fourth-order valence-electron chi connectivity index (χ4n) is 6.55. The lowest BCUT2D eigenvalue weighted by atomic mass is 9.86. The number of carbonyl (C=O) groups excluding carboxylic acids is 2. The highest BCUT2D eigenvalue weighted by Crippen LogP contribution is 2.39. The third-order valence-corrected chi connectivity index (χ3v) is 9.26. The van der Waals surface area contributed by atoms with Crippen LogP contribution in [-0.4, -0.2) is 72.3 Å². The van der Waals surface area contributed by atoms with Gasteiger partial charge in [0.25, 0.3) is 5.91 Å². The number of methoxy groups -OCH3 is 1. The number of fused-ring (bicyclic) bond motifs is 1. The van der Waals surface area contributed by atoms with E-state index in [4.69, 9.17) is 21.2 Å². The van der Waals surface area contributed by atoms with Gasteiger partial charge >= 0.3 is 5.97 Å². The largest absolute Gasteiger partial charge is 0.478 e. The molecular weight excluding hydrogens is 620 g/mol. The Morgan fingerprint density at radius 2 is 1.83 bits per heavy atom. The van der Waals surface area contributed by atoms with Gasteiger partial charge in [-0.15, -0.1) is 0 Å². The van der Waals surface area contributed by atoms with E-state index < -0.39 is 41.4 Å². The highest BCUT2D eigenvalue weighted by molar-refractivity contribution is 6.31. The summed E-state index contributed by atoms with van der Waals surface area (Å²) in [7, 11) is 1.71. The number of hydrogen-bond acceptors (Lipinski definition) is 7. The van der Waals surface area contributed by atoms with Crippen molar-refractivity contribution in [2.45, 2.75) is 50.4 Å². The number of rotatable bonds is 8. The third-order valence-electron chi connectivity index (χ3n) is 8.97. The van der Waals surface area contributed by atoms with Crippen molar-refractivity contribution in [3.8, 4) is 0 Å². The van der Waals surface area contributed by atoms with E-state index in [-0.39, 0.29) is 52.9 Å². The first kappa shape index (κ1) is 31.6. The molecule has 1 fully saturated rings. The fourth-order valence-corrected chi connectivity index (χ4v) is 6.73. The Morgan fingerprint density at radius 1 is 1.07 bits per heavy atom. The van der Waals surface area contributed by atoms with Crippen LogP contribution in [0.15, 0.2) is 59.8 Å². The number of halogens is 3. The Morgan fingerprint density at radius 3 is 2.54 bits per heavy atom. The fraction of sp³-hybridized carbons (Fsp3) is 0.353. The van der Waals surface area contributed by atoms with E-state index in [0.717, 1.165) is 43.2 Å². The third kappa shape index (κ3) is 6.09. The molecule has 9 nitrogen and oxygen atoms in total. The average molecular weight is 652 g/mol. The first-order valence-electron chi connectivity index (χ1n) is 15.1. The number of benzene rings is 3. The monoisotopic (exact) mass is 651 g/mol. The molecular formula is C34H32ClF2N3O6. The zero-order chi connectivity index (χ0) is 32.5. The van der Waals surface area contributed by atoms with E-state index in [2.05, 4.69) is 10.1 Å². The van der Waals surface area contributed by atoms with Crippen LogP contribution >= 0.6 is 11.6 Å². The van der Waals surface area contributed by atoms with Gasteiger partial charge in [0, 0.05) is 50.8 Å². The minimum atomic E-state index is -1.28. The number of Topliss-reactive ketones (excluding diaryl/α,β-unsaturated/α-hetero) is 1. The maximum Gasteiger partial charge on any atom is 0.335 e. The van der Waals surface area contributed by atoms with Gasteiger partial charge < -0.3 is 24.5 Å². The molecule has 1 N–H and O–H groups in total. The molecule has 1 amide bonds. The van der Waals surface area contributed by atoms with Crippen molar-refractivity contribution in [1.82, 2.24) is 4.90 Å². The Labute approximate surface area is 269 Å². The summed E-state index contributed by atoms with van der Waals surface area (Å²) in [5.74, 6) is -3.72. The predicted octanol–water partition coefficient (Wildman–Crippen LogP) is 5.36. The quantitative estimate of drug-likeness (QED) is 0.349. The second kappa shape index (κ2) is 13.2. The van der Waals surface area contributed by atoms with Crippen LogP contribution < -0.4 is 4.90 Å². The first-order chi connectivity index (χ1) is 22.2. The molecule has 3 aromatic carbocycles. The molecule has 0 aromatic heterocycles. The van der Waals surface area contributed by atoms with Gasteiger partial charge in [-0.3, -0.25) is 9.59 Å². The van der Waals surface area contributed by atoms with Crippen molar-refractivity contribution in [2.24, 2.45) is 5.16 Å². The second-order valence-corrected chi connectivity index (χ2v) is 12.1. The van der Waals surface area contributed by atoms with Gasteiger partial charge in [-0.05, 0) is 66.3 Å². The van der Waals surface area contributed by atoms with Gasteiger partial charge in [0.2, 0.25) is 6.10 Å². The minimum absolute atomic E-state index is 0.0199. The van der Waals surface area contributed by atoms with Gasteiger partial charge in [0.15, 0.2) is 11.6 Å². The molecule has 240 valence electrons. The SMILES string of the molecule is COC1CCN(c2cccc3c2CCN(C(=O)[C@H]2CC(c4cccc(Cl)c4F)=NO2)[C@H]3C(=O)Cc2ccc(C(=O)O)cc2F)CC1. The molecule has 12 heteroatoms. The number of piperidine rings is 1. The zero-order valence-corrected chi connectivity index (χ0v) is 25.8. The van der Waals surface area contributed by atoms with Gasteiger partial charge in [0.05, 0.1) is 22.4 Å². The number of nitrogens with zero attached hydrogens (tertiary/aromatic N) is 3. The summed E-state index contributed by atoms with van der Waals surface area (Å²) < 4.78 is 35.2. The van der Waals surface area contributed by atoms with Crippen LogP contribution in [0, 0.1) is 11.6 Å². The molecule has 6 rings (SSSR count). The van der Waals surface area contributed by atoms with Gasteiger partial charge in [-0.25, -0.2) is 13.6 Å². The number of aromatic carboxylic acids is 1. The molecule has 3 aliphatic heterocycles. The lowest BCUT2D eigenvalue weighted by Crippen LogP contribution is -2.48. The van der Waals surface area contributed by atoms with Gasteiger partial charge in [0.1, 0.15) is 11.9 Å². The highest BCUT2D eigenvalue weighted by Gasteiger charge is 2.42. The molecule has 0 spiro atoms. The summed E-state index contributed by atoms with van der Waals surface area (Å²) >= 11 is 5.95. The number of ether oxygens (including phenoxy) is 1. The summed E-state index contributed by atoms with van der Waals surface area (Å²) in [5, 5.41) is 13.1. The van der Waals surface area contributed by atoms with Gasteiger partial charge in [-0.1, -0.05) is 41.0 Å². The lowest BCUT2D eigenvalue weighted by Gasteiger charge is -2.40. The molecule has 0 aliphatic carbocycles. The van der Waals surface area contributed by atoms with E-state index in [1.54, 1.807) is 13.2 Å². The van der Waals surface area contributed by atoms with Crippen LogP contribution in [0.25, 0.3) is 0 Å². The number of carbonyl (C=O) groups is 3. The topological polar surface area (TPSA) is 109 Å². The Hall–Kier alpha value is -4.35. The van der Waals surface area contributed by atoms with Crippen molar-refractivity contribution in [3.63, 3.8) is 0 Å². The van der Waals surface area contributed by atoms with E-state index in [1.165, 1.54) is 29.2 Å². The van der Waals surface area contributed by atoms with E-state index in [9.17, 15) is 28.3 Å². The number of hydrogen-bond donors (Lipinski definition) is 1. The maximum absolute atomic E-state index is 15.0. The van der Waals surface area contributed by atoms with Crippen LogP contribution in [0.3, 0.4) is 0 Å². The summed E-state index contributed by atoms with van der Waals surface area (Å²) in [6.45, 7) is 1.73. The normalized spacial score (nSPS) is 19.8. The smallest absolute Gasteiger partial charge is 0.335 e. The van der Waals surface area contributed by atoms with Crippen molar-refractivity contribution < 1.29 is 37.8 Å². The first-order valence-corrected chi connectivity index (χ1v) is 15.5. The lowest BCUT2D eigenvalue weighted by molar-refractivity contribution is -0.149. The Kier molecular flexibility index (Phi) is 9.06. The molecule has 1 saturated heterocycles. The molecule has 3 heterocycles. The van der Waals surface area contributed by atoms with E-state index in [1.807, 2.05) is 18.2 Å². The molecule has 2 atom stereocenters. The van der Waals surface area contributed by atoms with Crippen LogP contribution in [0.1, 0.15) is 57.9 Å². The zero-order valence-electron chi connectivity index (χ0n) is 25.0. The molecule has 0 unspecified atom stereocenters. The standard InChI is InChI=1S/C34H32ClF2N3O6/c1-45-21-10-13-39(14-11-21)28-7-3-4-23-22(28)12-15-40(32(23)29(41)17-19-8-9-20(34(43)44)16-26(19)36)33(42)30-18-27(38-46-30)24-5-2-6-25(35)31(24)37/h2-9,16,21,30,32H,10-15,17-18H2,1H3,(H,43,44)/t30-,32-/m1/s1. The number of oxime groups is 1. The molecule has 46 heavy (non-hydrogen) atoms. The summed E-state index contributed by atoms with van der Waals surface area (Å²) in [6.07, 6.45) is 0.855. The molecule has 3 aromatic rings. The highest BCUT2D eigenvalue weighted by atomic mass is 35.5. The maximum atomic E-state index is 15.0. The second-order valence-electron chi connectivity index (χ2n) is 11.6. The summed E-state index contributed by atoms with van der Waals surface area (Å²) in [4.78, 5) is 48.7. The van der Waals surface area contributed by atoms with Crippen LogP contribution in [0.5, 0.6) is 0 Å². The van der Waals surface area contributed by atoms with E-state index >= 15 is 0 Å². The number of anilines is 1. The summed E-state index contributed by atoms with van der Waals surface area (Å²) in [5.41, 5.74) is 2.69. The molecule has 0 bridgehead atoms. The van der Waals surface area contributed by atoms with Crippen LogP contribution in [0.4, 0.5) is 14.5 Å². The van der Waals surface area contributed by atoms with Crippen molar-refractivity contribution in [3.05, 3.63) is 99.1 Å². The van der Waals surface area contributed by atoms with Crippen molar-refractivity contribution in [1.29, 1.82) is 0 Å². The number of carboxylic acids is 1.